The van der Waals surface area contributed by atoms with Gasteiger partial charge in [0.05, 0.1) is 6.10 Å². The van der Waals surface area contributed by atoms with Crippen LogP contribution in [0.3, 0.4) is 0 Å². The molecular weight excluding hydrogens is 158 g/mol. The molecule has 0 bridgehead atoms. The third-order valence-corrected chi connectivity index (χ3v) is 1.57. The van der Waals surface area contributed by atoms with Gasteiger partial charge in [-0.25, -0.2) is 0 Å². The lowest BCUT2D eigenvalue weighted by Crippen LogP contribution is -2.27. The quantitative estimate of drug-likeness (QED) is 0.661. The van der Waals surface area contributed by atoms with E-state index < -0.39 is 0 Å². The molecule has 0 fully saturated rings. The molecule has 0 saturated heterocycles. The van der Waals surface area contributed by atoms with Crippen LogP contribution in [-0.4, -0.2) is 17.8 Å². The molecule has 0 heterocycles. The molecule has 0 rings (SSSR count). The maximum absolute atomic E-state index is 5.35. The first-order valence-electron chi connectivity index (χ1n) is 4.15. The second kappa shape index (κ2) is 6.40. The SMILES string of the molecule is CCCC(C)OC(=S)NCC. The van der Waals surface area contributed by atoms with Gasteiger partial charge in [0.1, 0.15) is 0 Å². The van der Waals surface area contributed by atoms with Crippen LogP contribution in [0.15, 0.2) is 0 Å². The van der Waals surface area contributed by atoms with Crippen LogP contribution >= 0.6 is 12.2 Å². The van der Waals surface area contributed by atoms with E-state index in [4.69, 9.17) is 17.0 Å². The zero-order valence-electron chi connectivity index (χ0n) is 7.52. The summed E-state index contributed by atoms with van der Waals surface area (Å²) in [5, 5.41) is 3.47. The van der Waals surface area contributed by atoms with Gasteiger partial charge in [0.2, 0.25) is 0 Å². The Bertz CT molecular complexity index is 117. The topological polar surface area (TPSA) is 21.3 Å². The summed E-state index contributed by atoms with van der Waals surface area (Å²) in [6.07, 6.45) is 2.44. The molecule has 0 spiro atoms. The number of nitrogens with one attached hydrogen (secondary N) is 1. The predicted molar refractivity (Wildman–Crippen MR) is 51.7 cm³/mol. The molecule has 66 valence electrons. The highest BCUT2D eigenvalue weighted by Gasteiger charge is 2.02. The standard InChI is InChI=1S/C8H17NOS/c1-4-6-7(3)10-8(11)9-5-2/h7H,4-6H2,1-3H3,(H,9,11). The minimum absolute atomic E-state index is 0.242. The van der Waals surface area contributed by atoms with E-state index in [0.717, 1.165) is 19.4 Å². The molecule has 0 radical (unpaired) electrons. The Morgan fingerprint density at radius 1 is 1.55 bits per heavy atom. The highest BCUT2D eigenvalue weighted by Crippen LogP contribution is 2.00. The fraction of sp³-hybridized carbons (Fsp3) is 0.875. The molecule has 0 amide bonds. The third-order valence-electron chi connectivity index (χ3n) is 1.32. The van der Waals surface area contributed by atoms with Crippen molar-refractivity contribution in [1.29, 1.82) is 0 Å². The van der Waals surface area contributed by atoms with Crippen molar-refractivity contribution >= 4 is 17.4 Å². The van der Waals surface area contributed by atoms with Gasteiger partial charge in [-0.2, -0.15) is 0 Å². The Hall–Kier alpha value is -0.310. The Morgan fingerprint density at radius 3 is 2.64 bits per heavy atom. The summed E-state index contributed by atoms with van der Waals surface area (Å²) in [6, 6.07) is 0. The van der Waals surface area contributed by atoms with Crippen molar-refractivity contribution < 1.29 is 4.74 Å². The molecule has 0 aromatic carbocycles. The van der Waals surface area contributed by atoms with E-state index in [0.29, 0.717) is 5.17 Å². The minimum Gasteiger partial charge on any atom is -0.468 e. The third kappa shape index (κ3) is 6.10. The molecule has 0 aliphatic rings. The molecule has 11 heavy (non-hydrogen) atoms. The molecule has 2 nitrogen and oxygen atoms in total. The van der Waals surface area contributed by atoms with Crippen LogP contribution in [0.1, 0.15) is 33.6 Å². The zero-order valence-corrected chi connectivity index (χ0v) is 8.33. The zero-order chi connectivity index (χ0) is 8.69. The Balaban J connectivity index is 3.40. The lowest BCUT2D eigenvalue weighted by atomic mass is 10.2. The molecule has 0 saturated carbocycles. The average Bonchev–Trinajstić information content (AvgIpc) is 1.87. The highest BCUT2D eigenvalue weighted by atomic mass is 32.1. The lowest BCUT2D eigenvalue weighted by molar-refractivity contribution is 0.193. The van der Waals surface area contributed by atoms with E-state index in [-0.39, 0.29) is 6.10 Å². The molecular formula is C8H17NOS. The molecule has 0 aromatic rings. The van der Waals surface area contributed by atoms with Gasteiger partial charge in [0, 0.05) is 6.54 Å². The summed E-state index contributed by atoms with van der Waals surface area (Å²) in [5.41, 5.74) is 0. The van der Waals surface area contributed by atoms with Crippen molar-refractivity contribution in [3.05, 3.63) is 0 Å². The number of hydrogen-bond donors (Lipinski definition) is 1. The van der Waals surface area contributed by atoms with Crippen LogP contribution in [0.2, 0.25) is 0 Å². The van der Waals surface area contributed by atoms with Gasteiger partial charge in [-0.3, -0.25) is 0 Å². The van der Waals surface area contributed by atoms with Crippen LogP contribution in [0, 0.1) is 0 Å². The lowest BCUT2D eigenvalue weighted by Gasteiger charge is -2.14. The summed E-state index contributed by atoms with van der Waals surface area (Å²) in [7, 11) is 0. The van der Waals surface area contributed by atoms with Crippen LogP contribution in [0.25, 0.3) is 0 Å². The smallest absolute Gasteiger partial charge is 0.256 e. The van der Waals surface area contributed by atoms with Gasteiger partial charge in [-0.05, 0) is 32.5 Å². The second-order valence-corrected chi connectivity index (χ2v) is 2.91. The summed E-state index contributed by atoms with van der Waals surface area (Å²) in [5.74, 6) is 0. The monoisotopic (exact) mass is 175 g/mol. The first kappa shape index (κ1) is 10.7. The van der Waals surface area contributed by atoms with Crippen molar-refractivity contribution in [1.82, 2.24) is 5.32 Å². The Morgan fingerprint density at radius 2 is 2.18 bits per heavy atom. The Kier molecular flexibility index (Phi) is 6.22. The first-order valence-corrected chi connectivity index (χ1v) is 4.56. The van der Waals surface area contributed by atoms with Crippen LogP contribution in [-0.2, 0) is 4.74 Å². The van der Waals surface area contributed by atoms with Gasteiger partial charge in [0.25, 0.3) is 5.17 Å². The largest absolute Gasteiger partial charge is 0.468 e. The van der Waals surface area contributed by atoms with Gasteiger partial charge < -0.3 is 10.1 Å². The fourth-order valence-electron chi connectivity index (χ4n) is 0.834. The molecule has 1 unspecified atom stereocenters. The van der Waals surface area contributed by atoms with Crippen molar-refractivity contribution in [3.63, 3.8) is 0 Å². The maximum atomic E-state index is 5.35. The van der Waals surface area contributed by atoms with E-state index in [9.17, 15) is 0 Å². The van der Waals surface area contributed by atoms with E-state index in [2.05, 4.69) is 12.2 Å². The normalized spacial score (nSPS) is 12.3. The van der Waals surface area contributed by atoms with E-state index in [1.54, 1.807) is 0 Å². The van der Waals surface area contributed by atoms with Crippen molar-refractivity contribution in [2.45, 2.75) is 39.7 Å². The van der Waals surface area contributed by atoms with E-state index >= 15 is 0 Å². The first-order chi connectivity index (χ1) is 5.20. The summed E-state index contributed by atoms with van der Waals surface area (Å²) in [4.78, 5) is 0. The van der Waals surface area contributed by atoms with Crippen LogP contribution in [0.5, 0.6) is 0 Å². The minimum atomic E-state index is 0.242. The molecule has 1 N–H and O–H groups in total. The van der Waals surface area contributed by atoms with Crippen molar-refractivity contribution in [3.8, 4) is 0 Å². The Labute approximate surface area is 74.3 Å². The van der Waals surface area contributed by atoms with Crippen LogP contribution in [0.4, 0.5) is 0 Å². The predicted octanol–water partition coefficient (Wildman–Crippen LogP) is 2.09. The number of thiocarbonyl (C=S) groups is 1. The molecule has 0 aliphatic heterocycles. The number of hydrogen-bond acceptors (Lipinski definition) is 2. The average molecular weight is 175 g/mol. The highest BCUT2D eigenvalue weighted by molar-refractivity contribution is 7.80. The number of ether oxygens (including phenoxy) is 1. The van der Waals surface area contributed by atoms with Gasteiger partial charge in [0.15, 0.2) is 0 Å². The van der Waals surface area contributed by atoms with Crippen molar-refractivity contribution in [2.24, 2.45) is 0 Å². The van der Waals surface area contributed by atoms with Gasteiger partial charge >= 0.3 is 0 Å². The second-order valence-electron chi connectivity index (χ2n) is 2.53. The van der Waals surface area contributed by atoms with Gasteiger partial charge in [-0.1, -0.05) is 13.3 Å². The summed E-state index contributed by atoms with van der Waals surface area (Å²) < 4.78 is 5.35. The van der Waals surface area contributed by atoms with Gasteiger partial charge in [-0.15, -0.1) is 0 Å². The fourth-order valence-corrected chi connectivity index (χ4v) is 1.14. The molecule has 1 atom stereocenters. The molecule has 0 aliphatic carbocycles. The maximum Gasteiger partial charge on any atom is 0.256 e. The summed E-state index contributed by atoms with van der Waals surface area (Å²) in [6.45, 7) is 7.00. The van der Waals surface area contributed by atoms with E-state index in [1.165, 1.54) is 0 Å². The molecule has 3 heteroatoms. The molecule has 0 aromatic heterocycles. The summed E-state index contributed by atoms with van der Waals surface area (Å²) >= 11 is 4.91. The number of rotatable bonds is 4. The van der Waals surface area contributed by atoms with Crippen molar-refractivity contribution in [2.75, 3.05) is 6.54 Å². The van der Waals surface area contributed by atoms with E-state index in [1.807, 2.05) is 13.8 Å². The van der Waals surface area contributed by atoms with Crippen LogP contribution < -0.4 is 5.32 Å².